The number of ether oxygens (including phenoxy) is 1. The smallest absolute Gasteiger partial charge is 0.387 e. The van der Waals surface area contributed by atoms with Crippen molar-refractivity contribution in [3.05, 3.63) is 28.8 Å². The lowest BCUT2D eigenvalue weighted by atomic mass is 9.96. The van der Waals surface area contributed by atoms with Crippen molar-refractivity contribution in [2.45, 2.75) is 25.9 Å². The number of hydrogen-bond donors (Lipinski definition) is 2. The molecule has 1 amide bonds. The SMILES string of the molecule is O=C(NCCC1CCCNC1)c1cc(Cl)ccc1OC(F)F. The van der Waals surface area contributed by atoms with Crippen molar-refractivity contribution in [2.75, 3.05) is 19.6 Å². The van der Waals surface area contributed by atoms with Crippen LogP contribution >= 0.6 is 11.6 Å². The van der Waals surface area contributed by atoms with Crippen LogP contribution < -0.4 is 15.4 Å². The number of hydrogen-bond acceptors (Lipinski definition) is 3. The number of benzene rings is 1. The molecule has 2 N–H and O–H groups in total. The zero-order valence-electron chi connectivity index (χ0n) is 12.1. The predicted octanol–water partition coefficient (Wildman–Crippen LogP) is 3.06. The second-order valence-electron chi connectivity index (χ2n) is 5.28. The van der Waals surface area contributed by atoms with E-state index < -0.39 is 12.5 Å². The monoisotopic (exact) mass is 332 g/mol. The van der Waals surface area contributed by atoms with E-state index in [1.165, 1.54) is 18.2 Å². The van der Waals surface area contributed by atoms with Gasteiger partial charge >= 0.3 is 6.61 Å². The lowest BCUT2D eigenvalue weighted by molar-refractivity contribution is -0.0501. The van der Waals surface area contributed by atoms with Gasteiger partial charge < -0.3 is 15.4 Å². The van der Waals surface area contributed by atoms with E-state index in [9.17, 15) is 13.6 Å². The molecule has 7 heteroatoms. The summed E-state index contributed by atoms with van der Waals surface area (Å²) in [5.74, 6) is -0.0941. The third-order valence-electron chi connectivity index (χ3n) is 3.64. The lowest BCUT2D eigenvalue weighted by Gasteiger charge is -2.22. The number of halogens is 3. The van der Waals surface area contributed by atoms with Gasteiger partial charge in [0, 0.05) is 11.6 Å². The molecule has 0 radical (unpaired) electrons. The molecule has 4 nitrogen and oxygen atoms in total. The van der Waals surface area contributed by atoms with Crippen molar-refractivity contribution in [1.82, 2.24) is 10.6 Å². The van der Waals surface area contributed by atoms with Crippen LogP contribution in [-0.2, 0) is 0 Å². The number of nitrogens with one attached hydrogen (secondary N) is 2. The maximum atomic E-state index is 12.4. The number of piperidine rings is 1. The maximum absolute atomic E-state index is 12.4. The van der Waals surface area contributed by atoms with E-state index >= 15 is 0 Å². The topological polar surface area (TPSA) is 50.4 Å². The van der Waals surface area contributed by atoms with E-state index in [0.29, 0.717) is 17.5 Å². The van der Waals surface area contributed by atoms with Gasteiger partial charge in [0.05, 0.1) is 5.56 Å². The number of alkyl halides is 2. The van der Waals surface area contributed by atoms with Crippen molar-refractivity contribution < 1.29 is 18.3 Å². The fourth-order valence-electron chi connectivity index (χ4n) is 2.53. The van der Waals surface area contributed by atoms with E-state index in [2.05, 4.69) is 15.4 Å². The van der Waals surface area contributed by atoms with Gasteiger partial charge in [0.15, 0.2) is 0 Å². The summed E-state index contributed by atoms with van der Waals surface area (Å²) in [7, 11) is 0. The molecule has 1 saturated heterocycles. The van der Waals surface area contributed by atoms with Crippen LogP contribution in [0.5, 0.6) is 5.75 Å². The number of carbonyl (C=O) groups excluding carboxylic acids is 1. The minimum Gasteiger partial charge on any atom is -0.434 e. The van der Waals surface area contributed by atoms with E-state index in [0.717, 1.165) is 32.4 Å². The van der Waals surface area contributed by atoms with Crippen LogP contribution in [0, 0.1) is 5.92 Å². The Labute approximate surface area is 133 Å². The van der Waals surface area contributed by atoms with Crippen molar-refractivity contribution in [2.24, 2.45) is 5.92 Å². The first kappa shape index (κ1) is 17.0. The van der Waals surface area contributed by atoms with Crippen LogP contribution in [0.3, 0.4) is 0 Å². The Morgan fingerprint density at radius 3 is 3.00 bits per heavy atom. The molecule has 1 aromatic carbocycles. The molecule has 0 aliphatic carbocycles. The Morgan fingerprint density at radius 2 is 2.32 bits per heavy atom. The van der Waals surface area contributed by atoms with E-state index in [-0.39, 0.29) is 11.3 Å². The van der Waals surface area contributed by atoms with Crippen LogP contribution in [-0.4, -0.2) is 32.2 Å². The first-order chi connectivity index (χ1) is 10.6. The highest BCUT2D eigenvalue weighted by Gasteiger charge is 2.17. The summed E-state index contributed by atoms with van der Waals surface area (Å²) in [5, 5.41) is 6.34. The van der Waals surface area contributed by atoms with Crippen LogP contribution in [0.2, 0.25) is 5.02 Å². The molecule has 2 rings (SSSR count). The Balaban J connectivity index is 1.91. The zero-order chi connectivity index (χ0) is 15.9. The molecule has 0 aromatic heterocycles. The first-order valence-electron chi connectivity index (χ1n) is 7.29. The minimum absolute atomic E-state index is 0.0227. The van der Waals surface area contributed by atoms with Crippen LogP contribution in [0.25, 0.3) is 0 Å². The van der Waals surface area contributed by atoms with Crippen molar-refractivity contribution >= 4 is 17.5 Å². The van der Waals surface area contributed by atoms with Crippen LogP contribution in [0.4, 0.5) is 8.78 Å². The Kier molecular flexibility index (Phi) is 6.39. The second-order valence-corrected chi connectivity index (χ2v) is 5.71. The van der Waals surface area contributed by atoms with Crippen LogP contribution in [0.15, 0.2) is 18.2 Å². The molecule has 0 saturated carbocycles. The Bertz CT molecular complexity index is 508. The average molecular weight is 333 g/mol. The summed E-state index contributed by atoms with van der Waals surface area (Å²) in [5.41, 5.74) is 0.0227. The second kappa shape index (κ2) is 8.29. The summed E-state index contributed by atoms with van der Waals surface area (Å²) in [4.78, 5) is 12.1. The quantitative estimate of drug-likeness (QED) is 0.841. The minimum atomic E-state index is -2.99. The third-order valence-corrected chi connectivity index (χ3v) is 3.87. The molecule has 122 valence electrons. The standard InChI is InChI=1S/C15H19ClF2N2O2/c16-11-3-4-13(22-15(17)18)12(8-11)14(21)20-7-5-10-2-1-6-19-9-10/h3-4,8,10,15,19H,1-2,5-7,9H2,(H,20,21). The summed E-state index contributed by atoms with van der Waals surface area (Å²) >= 11 is 5.82. The highest BCUT2D eigenvalue weighted by molar-refractivity contribution is 6.31. The number of amides is 1. The molecular formula is C15H19ClF2N2O2. The summed E-state index contributed by atoms with van der Waals surface area (Å²) in [6.45, 7) is -0.501. The van der Waals surface area contributed by atoms with Gasteiger partial charge in [0.2, 0.25) is 0 Å². The molecular weight excluding hydrogens is 314 g/mol. The molecule has 22 heavy (non-hydrogen) atoms. The van der Waals surface area contributed by atoms with Gasteiger partial charge in [-0.2, -0.15) is 8.78 Å². The van der Waals surface area contributed by atoms with E-state index in [1.807, 2.05) is 0 Å². The highest BCUT2D eigenvalue weighted by Crippen LogP contribution is 2.24. The van der Waals surface area contributed by atoms with Gasteiger partial charge in [0.1, 0.15) is 5.75 Å². The lowest BCUT2D eigenvalue weighted by Crippen LogP contribution is -2.33. The number of rotatable bonds is 6. The highest BCUT2D eigenvalue weighted by atomic mass is 35.5. The molecule has 1 heterocycles. The molecule has 0 spiro atoms. The van der Waals surface area contributed by atoms with Gasteiger partial charge in [0.25, 0.3) is 5.91 Å². The molecule has 1 atom stereocenters. The summed E-state index contributed by atoms with van der Waals surface area (Å²) < 4.78 is 29.1. The average Bonchev–Trinajstić information content (AvgIpc) is 2.49. The van der Waals surface area contributed by atoms with Crippen molar-refractivity contribution in [3.8, 4) is 5.75 Å². The van der Waals surface area contributed by atoms with Crippen LogP contribution in [0.1, 0.15) is 29.6 Å². The van der Waals surface area contributed by atoms with Gasteiger partial charge in [-0.3, -0.25) is 4.79 Å². The number of carbonyl (C=O) groups is 1. The van der Waals surface area contributed by atoms with E-state index in [4.69, 9.17) is 11.6 Å². The molecule has 1 fully saturated rings. The third kappa shape index (κ3) is 5.10. The normalized spacial score (nSPS) is 18.3. The van der Waals surface area contributed by atoms with Gasteiger partial charge in [-0.25, -0.2) is 0 Å². The van der Waals surface area contributed by atoms with Gasteiger partial charge in [-0.1, -0.05) is 11.6 Å². The summed E-state index contributed by atoms with van der Waals surface area (Å²) in [6.07, 6.45) is 3.13. The molecule has 1 unspecified atom stereocenters. The molecule has 0 bridgehead atoms. The van der Waals surface area contributed by atoms with Gasteiger partial charge in [-0.05, 0) is 56.5 Å². The summed E-state index contributed by atoms with van der Waals surface area (Å²) in [6, 6.07) is 4.01. The maximum Gasteiger partial charge on any atom is 0.387 e. The molecule has 1 aromatic rings. The fourth-order valence-corrected chi connectivity index (χ4v) is 2.71. The van der Waals surface area contributed by atoms with Gasteiger partial charge in [-0.15, -0.1) is 0 Å². The van der Waals surface area contributed by atoms with E-state index in [1.54, 1.807) is 0 Å². The molecule has 1 aliphatic heterocycles. The predicted molar refractivity (Wildman–Crippen MR) is 80.6 cm³/mol. The van der Waals surface area contributed by atoms with Crippen molar-refractivity contribution in [3.63, 3.8) is 0 Å². The Hall–Kier alpha value is -1.40. The fraction of sp³-hybridized carbons (Fsp3) is 0.533. The zero-order valence-corrected chi connectivity index (χ0v) is 12.8. The van der Waals surface area contributed by atoms with Crippen molar-refractivity contribution in [1.29, 1.82) is 0 Å². The Morgan fingerprint density at radius 1 is 1.50 bits per heavy atom. The largest absolute Gasteiger partial charge is 0.434 e. The molecule has 1 aliphatic rings. The first-order valence-corrected chi connectivity index (χ1v) is 7.67.